The van der Waals surface area contributed by atoms with Gasteiger partial charge in [-0.05, 0) is 60.2 Å². The highest BCUT2D eigenvalue weighted by Crippen LogP contribution is 2.35. The smallest absolute Gasteiger partial charge is 0.424 e. The fourth-order valence-corrected chi connectivity index (χ4v) is 3.64. The van der Waals surface area contributed by atoms with E-state index in [1.54, 1.807) is 18.2 Å². The van der Waals surface area contributed by atoms with Crippen LogP contribution in [0.5, 0.6) is 11.5 Å². The second-order valence-corrected chi connectivity index (χ2v) is 7.53. The molecule has 5 rings (SSSR count). The Labute approximate surface area is 195 Å². The molecule has 0 spiro atoms. The zero-order chi connectivity index (χ0) is 23.5. The number of nitrogens with zero attached hydrogens (tertiary/aromatic N) is 1. The SMILES string of the molecule is O=C1/C(=C\c2cccc(F)c2)Oc2cc(OC(=O)N(c3ccccc3)c3ccccc3)ccc21. The standard InChI is InChI=1S/C28H18FNO4/c29-20-9-7-8-19(16-20)17-26-27(31)24-15-14-23(18-25(24)34-26)33-28(32)30(21-10-3-1-4-11-21)22-12-5-2-6-13-22/h1-18H/b26-17+. The Morgan fingerprint density at radius 2 is 1.50 bits per heavy atom. The number of halogens is 1. The van der Waals surface area contributed by atoms with Crippen molar-refractivity contribution < 1.29 is 23.5 Å². The number of Topliss-reactive ketones (excluding diaryl/α,β-unsaturated/α-hetero) is 1. The first-order valence-electron chi connectivity index (χ1n) is 10.5. The summed E-state index contributed by atoms with van der Waals surface area (Å²) >= 11 is 0. The second-order valence-electron chi connectivity index (χ2n) is 7.53. The number of rotatable bonds is 4. The largest absolute Gasteiger partial charge is 0.452 e. The van der Waals surface area contributed by atoms with Crippen LogP contribution in [0.25, 0.3) is 6.08 Å². The van der Waals surface area contributed by atoms with Gasteiger partial charge in [0.1, 0.15) is 17.3 Å². The molecule has 1 heterocycles. The summed E-state index contributed by atoms with van der Waals surface area (Å²) in [6.07, 6.45) is 0.862. The normalized spacial score (nSPS) is 13.3. The monoisotopic (exact) mass is 451 g/mol. The summed E-state index contributed by atoms with van der Waals surface area (Å²) in [7, 11) is 0. The molecule has 1 aliphatic rings. The Morgan fingerprint density at radius 1 is 0.824 bits per heavy atom. The molecule has 4 aromatic carbocycles. The molecule has 0 aliphatic carbocycles. The molecule has 0 N–H and O–H groups in total. The van der Waals surface area contributed by atoms with E-state index in [1.807, 2.05) is 60.7 Å². The molecule has 34 heavy (non-hydrogen) atoms. The van der Waals surface area contributed by atoms with Crippen molar-refractivity contribution in [2.24, 2.45) is 0 Å². The third-order valence-electron chi connectivity index (χ3n) is 5.20. The van der Waals surface area contributed by atoms with E-state index >= 15 is 0 Å². The Bertz CT molecular complexity index is 1360. The number of allylic oxidation sites excluding steroid dienone is 1. The predicted octanol–water partition coefficient (Wildman–Crippen LogP) is 6.78. The molecule has 0 unspecified atom stereocenters. The number of fused-ring (bicyclic) bond motifs is 1. The fraction of sp³-hybridized carbons (Fsp3) is 0. The highest BCUT2D eigenvalue weighted by molar-refractivity contribution is 6.14. The summed E-state index contributed by atoms with van der Waals surface area (Å²) in [5.74, 6) is -0.177. The lowest BCUT2D eigenvalue weighted by Gasteiger charge is -2.22. The van der Waals surface area contributed by atoms with Gasteiger partial charge in [-0.1, -0.05) is 48.5 Å². The number of carbonyl (C=O) groups excluding carboxylic acids is 2. The van der Waals surface area contributed by atoms with Crippen molar-refractivity contribution >= 4 is 29.3 Å². The molecule has 6 heteroatoms. The lowest BCUT2D eigenvalue weighted by Crippen LogP contribution is -2.29. The van der Waals surface area contributed by atoms with Crippen molar-refractivity contribution in [3.63, 3.8) is 0 Å². The van der Waals surface area contributed by atoms with Gasteiger partial charge in [0.2, 0.25) is 5.78 Å². The molecular formula is C28H18FNO4. The van der Waals surface area contributed by atoms with Gasteiger partial charge >= 0.3 is 6.09 Å². The first-order chi connectivity index (χ1) is 16.6. The first-order valence-corrected chi connectivity index (χ1v) is 10.5. The maximum atomic E-state index is 13.5. The average molecular weight is 451 g/mol. The van der Waals surface area contributed by atoms with Gasteiger partial charge in [-0.25, -0.2) is 14.1 Å². The molecule has 0 aromatic heterocycles. The summed E-state index contributed by atoms with van der Waals surface area (Å²) in [4.78, 5) is 27.3. The molecule has 0 saturated heterocycles. The van der Waals surface area contributed by atoms with Crippen LogP contribution in [-0.2, 0) is 0 Å². The number of hydrogen-bond acceptors (Lipinski definition) is 4. The minimum Gasteiger partial charge on any atom is -0.452 e. The number of ether oxygens (including phenoxy) is 2. The predicted molar refractivity (Wildman–Crippen MR) is 127 cm³/mol. The first kappa shape index (κ1) is 21.2. The summed E-state index contributed by atoms with van der Waals surface area (Å²) in [5.41, 5.74) is 2.13. The Morgan fingerprint density at radius 3 is 2.15 bits per heavy atom. The third kappa shape index (κ3) is 4.29. The van der Waals surface area contributed by atoms with Gasteiger partial charge in [0, 0.05) is 6.07 Å². The maximum absolute atomic E-state index is 13.5. The van der Waals surface area contributed by atoms with E-state index < -0.39 is 11.9 Å². The summed E-state index contributed by atoms with van der Waals surface area (Å²) < 4.78 is 24.8. The van der Waals surface area contributed by atoms with Gasteiger partial charge in [0.05, 0.1) is 16.9 Å². The number of anilines is 2. The molecule has 0 atom stereocenters. The van der Waals surface area contributed by atoms with Crippen LogP contribution in [-0.4, -0.2) is 11.9 Å². The molecule has 0 saturated carbocycles. The van der Waals surface area contributed by atoms with Gasteiger partial charge in [0.25, 0.3) is 0 Å². The van der Waals surface area contributed by atoms with E-state index in [9.17, 15) is 14.0 Å². The van der Waals surface area contributed by atoms with Crippen molar-refractivity contribution in [3.05, 3.63) is 126 Å². The minimum absolute atomic E-state index is 0.0688. The van der Waals surface area contributed by atoms with Crippen LogP contribution in [0.3, 0.4) is 0 Å². The lowest BCUT2D eigenvalue weighted by atomic mass is 10.1. The maximum Gasteiger partial charge on any atom is 0.424 e. The molecule has 1 aliphatic heterocycles. The summed E-state index contributed by atoms with van der Waals surface area (Å²) in [5, 5.41) is 0. The fourth-order valence-electron chi connectivity index (χ4n) is 3.64. The van der Waals surface area contributed by atoms with Gasteiger partial charge in [0.15, 0.2) is 5.76 Å². The quantitative estimate of drug-likeness (QED) is 0.321. The average Bonchev–Trinajstić information content (AvgIpc) is 3.15. The number of ketones is 1. The van der Waals surface area contributed by atoms with E-state index in [0.29, 0.717) is 22.5 Å². The van der Waals surface area contributed by atoms with E-state index in [1.165, 1.54) is 35.2 Å². The van der Waals surface area contributed by atoms with Crippen molar-refractivity contribution in [3.8, 4) is 11.5 Å². The summed E-state index contributed by atoms with van der Waals surface area (Å²) in [6, 6.07) is 28.7. The van der Waals surface area contributed by atoms with Gasteiger partial charge in [-0.3, -0.25) is 4.79 Å². The van der Waals surface area contributed by atoms with Crippen molar-refractivity contribution in [1.82, 2.24) is 0 Å². The molecule has 1 amide bonds. The van der Waals surface area contributed by atoms with Crippen LogP contribution in [0.1, 0.15) is 15.9 Å². The van der Waals surface area contributed by atoms with Crippen LogP contribution in [0, 0.1) is 5.82 Å². The number of para-hydroxylation sites is 2. The lowest BCUT2D eigenvalue weighted by molar-refractivity contribution is 0.101. The highest BCUT2D eigenvalue weighted by Gasteiger charge is 2.28. The molecule has 0 fully saturated rings. The van der Waals surface area contributed by atoms with Gasteiger partial charge < -0.3 is 9.47 Å². The number of benzene rings is 4. The van der Waals surface area contributed by atoms with E-state index in [0.717, 1.165) is 0 Å². The number of hydrogen-bond donors (Lipinski definition) is 0. The Hall–Kier alpha value is -4.71. The van der Waals surface area contributed by atoms with E-state index in [4.69, 9.17) is 9.47 Å². The molecule has 0 radical (unpaired) electrons. The van der Waals surface area contributed by atoms with Crippen LogP contribution in [0.15, 0.2) is 109 Å². The van der Waals surface area contributed by atoms with Crippen LogP contribution in [0.4, 0.5) is 20.6 Å². The second kappa shape index (κ2) is 9.03. The number of amides is 1. The zero-order valence-electron chi connectivity index (χ0n) is 17.9. The highest BCUT2D eigenvalue weighted by atomic mass is 19.1. The zero-order valence-corrected chi connectivity index (χ0v) is 17.9. The van der Waals surface area contributed by atoms with Gasteiger partial charge in [-0.2, -0.15) is 0 Å². The third-order valence-corrected chi connectivity index (χ3v) is 5.20. The van der Waals surface area contributed by atoms with Crippen molar-refractivity contribution in [2.75, 3.05) is 4.90 Å². The molecule has 4 aromatic rings. The number of carbonyl (C=O) groups is 2. The van der Waals surface area contributed by atoms with Crippen molar-refractivity contribution in [2.45, 2.75) is 0 Å². The van der Waals surface area contributed by atoms with E-state index in [-0.39, 0.29) is 23.0 Å². The molecule has 0 bridgehead atoms. The molecule has 166 valence electrons. The van der Waals surface area contributed by atoms with Gasteiger partial charge in [-0.15, -0.1) is 0 Å². The van der Waals surface area contributed by atoms with E-state index in [2.05, 4.69) is 0 Å². The minimum atomic E-state index is -0.614. The van der Waals surface area contributed by atoms with Crippen molar-refractivity contribution in [1.29, 1.82) is 0 Å². The van der Waals surface area contributed by atoms with Crippen LogP contribution in [0.2, 0.25) is 0 Å². The Kier molecular flexibility index (Phi) is 5.62. The Balaban J connectivity index is 1.40. The topological polar surface area (TPSA) is 55.8 Å². The van der Waals surface area contributed by atoms with Crippen LogP contribution >= 0.6 is 0 Å². The molecular weight excluding hydrogens is 433 g/mol. The summed E-state index contributed by atoms with van der Waals surface area (Å²) in [6.45, 7) is 0. The van der Waals surface area contributed by atoms with Crippen LogP contribution < -0.4 is 14.4 Å². The molecule has 5 nitrogen and oxygen atoms in total.